The molecule has 0 atom stereocenters. The monoisotopic (exact) mass is 271 g/mol. The van der Waals surface area contributed by atoms with Gasteiger partial charge in [0, 0.05) is 24.7 Å². The third-order valence-corrected chi connectivity index (χ3v) is 3.19. The van der Waals surface area contributed by atoms with Crippen LogP contribution in [-0.2, 0) is 6.54 Å². The molecule has 1 fully saturated rings. The number of benzene rings is 1. The number of halogens is 1. The van der Waals surface area contributed by atoms with Gasteiger partial charge in [0.25, 0.3) is 5.69 Å². The highest BCUT2D eigenvalue weighted by Gasteiger charge is 2.16. The Morgan fingerprint density at radius 1 is 1.28 bits per heavy atom. The molecule has 100 valence electrons. The molecule has 0 aromatic heterocycles. The molecule has 1 aromatic carbocycles. The lowest BCUT2D eigenvalue weighted by Gasteiger charge is -2.29. The van der Waals surface area contributed by atoms with E-state index in [4.69, 9.17) is 5.73 Å². The first-order chi connectivity index (χ1) is 8.15. The molecule has 1 aliphatic heterocycles. The minimum atomic E-state index is -0.371. The molecule has 2 rings (SSSR count). The van der Waals surface area contributed by atoms with Crippen molar-refractivity contribution < 1.29 is 4.92 Å². The molecular formula is C12H18ClN3O2. The van der Waals surface area contributed by atoms with Gasteiger partial charge in [0.15, 0.2) is 0 Å². The van der Waals surface area contributed by atoms with E-state index < -0.39 is 0 Å². The number of likely N-dealkylation sites (tertiary alicyclic amines) is 1. The van der Waals surface area contributed by atoms with Crippen molar-refractivity contribution in [1.82, 2.24) is 4.90 Å². The highest BCUT2D eigenvalue weighted by Crippen LogP contribution is 2.16. The second-order valence-corrected chi connectivity index (χ2v) is 4.54. The Morgan fingerprint density at radius 3 is 2.33 bits per heavy atom. The van der Waals surface area contributed by atoms with Gasteiger partial charge in [-0.1, -0.05) is 12.1 Å². The van der Waals surface area contributed by atoms with Gasteiger partial charge in [-0.15, -0.1) is 12.4 Å². The van der Waals surface area contributed by atoms with Crippen LogP contribution in [0.1, 0.15) is 18.4 Å². The maximum absolute atomic E-state index is 10.5. The molecule has 0 radical (unpaired) electrons. The maximum Gasteiger partial charge on any atom is 0.269 e. The van der Waals surface area contributed by atoms with E-state index >= 15 is 0 Å². The molecule has 1 heterocycles. The smallest absolute Gasteiger partial charge is 0.269 e. The van der Waals surface area contributed by atoms with Crippen LogP contribution in [0.25, 0.3) is 0 Å². The average molecular weight is 272 g/mol. The first-order valence-corrected chi connectivity index (χ1v) is 5.86. The van der Waals surface area contributed by atoms with Crippen molar-refractivity contribution in [3.63, 3.8) is 0 Å². The summed E-state index contributed by atoms with van der Waals surface area (Å²) < 4.78 is 0. The van der Waals surface area contributed by atoms with Crippen LogP contribution in [0.15, 0.2) is 24.3 Å². The standard InChI is InChI=1S/C12H17N3O2.ClH/c13-11-5-7-14(8-6-11)9-10-1-3-12(4-2-10)15(16)17;/h1-4,11H,5-9,13H2;1H. The quantitative estimate of drug-likeness (QED) is 0.674. The maximum atomic E-state index is 10.5. The van der Waals surface area contributed by atoms with Crippen LogP contribution in [0.3, 0.4) is 0 Å². The molecule has 1 aliphatic rings. The van der Waals surface area contributed by atoms with E-state index in [0.29, 0.717) is 6.04 Å². The van der Waals surface area contributed by atoms with Gasteiger partial charge in [0.1, 0.15) is 0 Å². The van der Waals surface area contributed by atoms with Gasteiger partial charge in [-0.2, -0.15) is 0 Å². The summed E-state index contributed by atoms with van der Waals surface area (Å²) in [6, 6.07) is 7.11. The van der Waals surface area contributed by atoms with Crippen molar-refractivity contribution in [2.45, 2.75) is 25.4 Å². The third-order valence-electron chi connectivity index (χ3n) is 3.19. The summed E-state index contributed by atoms with van der Waals surface area (Å²) in [6.07, 6.45) is 2.07. The summed E-state index contributed by atoms with van der Waals surface area (Å²) in [5, 5.41) is 10.5. The molecule has 5 nitrogen and oxygen atoms in total. The Labute approximate surface area is 113 Å². The number of hydrogen-bond donors (Lipinski definition) is 1. The summed E-state index contributed by atoms with van der Waals surface area (Å²) in [4.78, 5) is 12.5. The number of hydrogen-bond acceptors (Lipinski definition) is 4. The van der Waals surface area contributed by atoms with Crippen molar-refractivity contribution in [1.29, 1.82) is 0 Å². The molecule has 2 N–H and O–H groups in total. The zero-order valence-electron chi connectivity index (χ0n) is 10.1. The molecular weight excluding hydrogens is 254 g/mol. The van der Waals surface area contributed by atoms with Crippen LogP contribution in [0.4, 0.5) is 5.69 Å². The molecule has 0 unspecified atom stereocenters. The predicted octanol–water partition coefficient (Wildman–Crippen LogP) is 1.94. The van der Waals surface area contributed by atoms with Crippen LogP contribution in [-0.4, -0.2) is 29.0 Å². The third kappa shape index (κ3) is 3.94. The number of nitrogens with zero attached hydrogens (tertiary/aromatic N) is 2. The largest absolute Gasteiger partial charge is 0.328 e. The van der Waals surface area contributed by atoms with Crippen LogP contribution in [0, 0.1) is 10.1 Å². The van der Waals surface area contributed by atoms with E-state index in [0.717, 1.165) is 38.0 Å². The molecule has 0 bridgehead atoms. The van der Waals surface area contributed by atoms with Gasteiger partial charge < -0.3 is 5.73 Å². The van der Waals surface area contributed by atoms with Crippen molar-refractivity contribution in [2.75, 3.05) is 13.1 Å². The number of nitro groups is 1. The SMILES string of the molecule is Cl.NC1CCN(Cc2ccc([N+](=O)[O-])cc2)CC1. The second kappa shape index (κ2) is 6.68. The molecule has 1 saturated heterocycles. The molecule has 18 heavy (non-hydrogen) atoms. The van der Waals surface area contributed by atoms with Gasteiger partial charge in [-0.05, 0) is 31.5 Å². The van der Waals surface area contributed by atoms with E-state index in [1.807, 2.05) is 12.1 Å². The number of piperidine rings is 1. The lowest BCUT2D eigenvalue weighted by Crippen LogP contribution is -2.39. The zero-order valence-corrected chi connectivity index (χ0v) is 10.9. The Morgan fingerprint density at radius 2 is 1.83 bits per heavy atom. The van der Waals surface area contributed by atoms with Gasteiger partial charge in [0.2, 0.25) is 0 Å². The van der Waals surface area contributed by atoms with Crippen molar-refractivity contribution in [3.8, 4) is 0 Å². The summed E-state index contributed by atoms with van der Waals surface area (Å²) in [5.74, 6) is 0. The van der Waals surface area contributed by atoms with Gasteiger partial charge in [-0.25, -0.2) is 0 Å². The van der Waals surface area contributed by atoms with E-state index in [-0.39, 0.29) is 23.0 Å². The van der Waals surface area contributed by atoms with Gasteiger partial charge in [0.05, 0.1) is 4.92 Å². The summed E-state index contributed by atoms with van der Waals surface area (Å²) in [6.45, 7) is 2.88. The van der Waals surface area contributed by atoms with Crippen molar-refractivity contribution in [3.05, 3.63) is 39.9 Å². The van der Waals surface area contributed by atoms with Gasteiger partial charge >= 0.3 is 0 Å². The Balaban J connectivity index is 0.00000162. The number of nitro benzene ring substituents is 1. The molecule has 0 aliphatic carbocycles. The summed E-state index contributed by atoms with van der Waals surface area (Å²) in [5.41, 5.74) is 7.11. The zero-order chi connectivity index (χ0) is 12.3. The Bertz CT molecular complexity index is 389. The molecule has 0 amide bonds. The van der Waals surface area contributed by atoms with Crippen LogP contribution < -0.4 is 5.73 Å². The normalized spacial score (nSPS) is 17.2. The van der Waals surface area contributed by atoms with Gasteiger partial charge in [-0.3, -0.25) is 15.0 Å². The highest BCUT2D eigenvalue weighted by molar-refractivity contribution is 5.85. The second-order valence-electron chi connectivity index (χ2n) is 4.54. The molecule has 6 heteroatoms. The first-order valence-electron chi connectivity index (χ1n) is 5.86. The Hall–Kier alpha value is -1.17. The van der Waals surface area contributed by atoms with Crippen LogP contribution in [0.2, 0.25) is 0 Å². The fraction of sp³-hybridized carbons (Fsp3) is 0.500. The number of rotatable bonds is 3. The topological polar surface area (TPSA) is 72.4 Å². The number of nitrogens with two attached hydrogens (primary N) is 1. The van der Waals surface area contributed by atoms with E-state index in [1.54, 1.807) is 12.1 Å². The van der Waals surface area contributed by atoms with E-state index in [9.17, 15) is 10.1 Å². The summed E-state index contributed by atoms with van der Waals surface area (Å²) >= 11 is 0. The first kappa shape index (κ1) is 14.9. The fourth-order valence-corrected chi connectivity index (χ4v) is 2.09. The minimum Gasteiger partial charge on any atom is -0.328 e. The molecule has 0 spiro atoms. The van der Waals surface area contributed by atoms with Crippen LogP contribution in [0.5, 0.6) is 0 Å². The Kier molecular flexibility index (Phi) is 5.53. The molecule has 0 saturated carbocycles. The average Bonchev–Trinajstić information content (AvgIpc) is 2.33. The summed E-state index contributed by atoms with van der Waals surface area (Å²) in [7, 11) is 0. The predicted molar refractivity (Wildman–Crippen MR) is 72.8 cm³/mol. The van der Waals surface area contributed by atoms with E-state index in [1.165, 1.54) is 0 Å². The lowest BCUT2D eigenvalue weighted by molar-refractivity contribution is -0.384. The fourth-order valence-electron chi connectivity index (χ4n) is 2.09. The van der Waals surface area contributed by atoms with E-state index in [2.05, 4.69) is 4.90 Å². The molecule has 1 aromatic rings. The highest BCUT2D eigenvalue weighted by atomic mass is 35.5. The minimum absolute atomic E-state index is 0. The van der Waals surface area contributed by atoms with Crippen molar-refractivity contribution >= 4 is 18.1 Å². The van der Waals surface area contributed by atoms with Crippen LogP contribution >= 0.6 is 12.4 Å². The van der Waals surface area contributed by atoms with Crippen molar-refractivity contribution in [2.24, 2.45) is 5.73 Å². The lowest BCUT2D eigenvalue weighted by atomic mass is 10.1. The number of non-ortho nitro benzene ring substituents is 1.